The second-order valence-corrected chi connectivity index (χ2v) is 11.3. The number of hydrogen-bond acceptors (Lipinski definition) is 6. The van der Waals surface area contributed by atoms with Crippen LogP contribution in [0, 0.1) is 33.3 Å². The van der Waals surface area contributed by atoms with Crippen molar-refractivity contribution >= 4 is 29.2 Å². The quantitative estimate of drug-likeness (QED) is 0.230. The number of Topliss-reactive ketones (excluding diaryl/α,β-unsaturated/α-hetero) is 1. The Bertz CT molecular complexity index is 1190. The van der Waals surface area contributed by atoms with E-state index >= 15 is 0 Å². The van der Waals surface area contributed by atoms with Crippen LogP contribution in [0.5, 0.6) is 0 Å². The fourth-order valence-electron chi connectivity index (χ4n) is 6.58. The molecular formula is C26H24F3NO5S. The summed E-state index contributed by atoms with van der Waals surface area (Å²) in [4.78, 5) is 36.9. The highest BCUT2D eigenvalue weighted by Gasteiger charge is 2.54. The van der Waals surface area contributed by atoms with E-state index in [1.165, 1.54) is 31.4 Å². The molecule has 0 aliphatic heterocycles. The van der Waals surface area contributed by atoms with Gasteiger partial charge in [-0.3, -0.25) is 14.9 Å². The van der Waals surface area contributed by atoms with Crippen LogP contribution in [0.15, 0.2) is 52.3 Å². The number of carbonyl (C=O) groups is 2. The van der Waals surface area contributed by atoms with Gasteiger partial charge in [0.25, 0.3) is 5.69 Å². The number of esters is 1. The first kappa shape index (κ1) is 24.8. The minimum atomic E-state index is -4.72. The molecule has 0 N–H and O–H groups in total. The highest BCUT2D eigenvalue weighted by molar-refractivity contribution is 7.99. The van der Waals surface area contributed by atoms with Gasteiger partial charge >= 0.3 is 12.1 Å². The maximum atomic E-state index is 13.2. The number of ketones is 1. The molecular weight excluding hydrogens is 495 g/mol. The van der Waals surface area contributed by atoms with Crippen LogP contribution >= 0.6 is 11.8 Å². The zero-order chi connectivity index (χ0) is 25.7. The molecule has 36 heavy (non-hydrogen) atoms. The van der Waals surface area contributed by atoms with E-state index in [0.29, 0.717) is 23.8 Å². The molecule has 6 nitrogen and oxygen atoms in total. The maximum Gasteiger partial charge on any atom is 0.416 e. The van der Waals surface area contributed by atoms with Crippen molar-refractivity contribution in [2.75, 3.05) is 6.61 Å². The van der Waals surface area contributed by atoms with Crippen molar-refractivity contribution < 1.29 is 32.4 Å². The number of alkyl halides is 3. The van der Waals surface area contributed by atoms with Crippen LogP contribution in [0.3, 0.4) is 0 Å². The summed E-state index contributed by atoms with van der Waals surface area (Å²) in [7, 11) is 0. The van der Waals surface area contributed by atoms with Crippen LogP contribution in [-0.4, -0.2) is 23.3 Å². The molecule has 4 aliphatic carbocycles. The van der Waals surface area contributed by atoms with Gasteiger partial charge in [0.1, 0.15) is 0 Å². The fraction of sp³-hybridized carbons (Fsp3) is 0.462. The first-order chi connectivity index (χ1) is 17.0. The maximum absolute atomic E-state index is 13.2. The summed E-state index contributed by atoms with van der Waals surface area (Å²) in [5, 5.41) is 11.4. The fourth-order valence-corrected chi connectivity index (χ4v) is 7.60. The molecule has 0 amide bonds. The van der Waals surface area contributed by atoms with Gasteiger partial charge in [0.05, 0.1) is 20.9 Å². The Morgan fingerprint density at radius 1 is 1.00 bits per heavy atom. The van der Waals surface area contributed by atoms with Gasteiger partial charge in [0.15, 0.2) is 12.4 Å². The number of carbonyl (C=O) groups excluding carboxylic acids is 2. The Hall–Kier alpha value is -2.88. The third kappa shape index (κ3) is 4.75. The molecule has 0 spiro atoms. The average Bonchev–Trinajstić information content (AvgIpc) is 2.81. The Kier molecular flexibility index (Phi) is 6.34. The van der Waals surface area contributed by atoms with E-state index < -0.39 is 33.7 Å². The molecule has 2 aromatic carbocycles. The third-order valence-electron chi connectivity index (χ3n) is 7.77. The molecule has 0 saturated heterocycles. The van der Waals surface area contributed by atoms with E-state index in [-0.39, 0.29) is 27.7 Å². The molecule has 190 valence electrons. The minimum Gasteiger partial charge on any atom is -0.454 e. The van der Waals surface area contributed by atoms with E-state index in [1.54, 1.807) is 12.1 Å². The molecule has 4 saturated carbocycles. The summed E-state index contributed by atoms with van der Waals surface area (Å²) < 4.78 is 44.5. The molecule has 4 bridgehead atoms. The van der Waals surface area contributed by atoms with Gasteiger partial charge in [-0.05, 0) is 80.5 Å². The standard InChI is InChI=1S/C26H24F3NO5S/c27-26(28,29)18-5-6-22(20(10-18)30(33)34)36-21-4-2-1-3-19(21)24(32)35-14-23(31)25-11-15-7-16(12-25)9-17(8-15)13-25/h1-6,10,15-17H,7-9,11-14H2. The average molecular weight is 520 g/mol. The van der Waals surface area contributed by atoms with Crippen LogP contribution in [0.25, 0.3) is 0 Å². The zero-order valence-electron chi connectivity index (χ0n) is 19.3. The van der Waals surface area contributed by atoms with Crippen LogP contribution in [0.1, 0.15) is 54.4 Å². The molecule has 0 atom stereocenters. The van der Waals surface area contributed by atoms with E-state index in [1.807, 2.05) is 0 Å². The van der Waals surface area contributed by atoms with Gasteiger partial charge in [-0.15, -0.1) is 0 Å². The number of halogens is 3. The minimum absolute atomic E-state index is 0.0431. The van der Waals surface area contributed by atoms with Crippen LogP contribution in [-0.2, 0) is 15.7 Å². The Labute approximate surface area is 209 Å². The predicted octanol–water partition coefficient (Wildman–Crippen LogP) is 6.71. The zero-order valence-corrected chi connectivity index (χ0v) is 20.1. The van der Waals surface area contributed by atoms with Crippen molar-refractivity contribution in [1.29, 1.82) is 0 Å². The number of benzene rings is 2. The lowest BCUT2D eigenvalue weighted by molar-refractivity contribution is -0.388. The first-order valence-corrected chi connectivity index (χ1v) is 12.7. The highest BCUT2D eigenvalue weighted by Crippen LogP contribution is 2.60. The second-order valence-electron chi connectivity index (χ2n) is 10.2. The smallest absolute Gasteiger partial charge is 0.416 e. The molecule has 0 unspecified atom stereocenters. The number of nitro groups is 1. The largest absolute Gasteiger partial charge is 0.454 e. The Balaban J connectivity index is 1.31. The summed E-state index contributed by atoms with van der Waals surface area (Å²) in [6.45, 7) is -0.329. The SMILES string of the molecule is O=C(OCC(=O)C12CC3CC(CC(C3)C1)C2)c1ccccc1Sc1ccc(C(F)(F)F)cc1[N+](=O)[O-]. The van der Waals surface area contributed by atoms with Crippen molar-refractivity contribution in [3.8, 4) is 0 Å². The van der Waals surface area contributed by atoms with Crippen LogP contribution in [0.2, 0.25) is 0 Å². The van der Waals surface area contributed by atoms with E-state index in [2.05, 4.69) is 0 Å². The van der Waals surface area contributed by atoms with E-state index in [9.17, 15) is 32.9 Å². The van der Waals surface area contributed by atoms with Gasteiger partial charge in [-0.2, -0.15) is 13.2 Å². The van der Waals surface area contributed by atoms with Crippen molar-refractivity contribution in [3.63, 3.8) is 0 Å². The molecule has 0 heterocycles. The van der Waals surface area contributed by atoms with Gasteiger partial charge in [-0.1, -0.05) is 23.9 Å². The van der Waals surface area contributed by atoms with E-state index in [0.717, 1.165) is 43.2 Å². The van der Waals surface area contributed by atoms with Crippen LogP contribution < -0.4 is 0 Å². The predicted molar refractivity (Wildman–Crippen MR) is 125 cm³/mol. The van der Waals surface area contributed by atoms with Crippen LogP contribution in [0.4, 0.5) is 18.9 Å². The number of rotatable bonds is 7. The van der Waals surface area contributed by atoms with Crippen molar-refractivity contribution in [2.45, 2.75) is 54.5 Å². The number of nitrogens with zero attached hydrogens (tertiary/aromatic N) is 1. The lowest BCUT2D eigenvalue weighted by Crippen LogP contribution is -2.51. The van der Waals surface area contributed by atoms with Crippen molar-refractivity contribution in [1.82, 2.24) is 0 Å². The summed E-state index contributed by atoms with van der Waals surface area (Å²) in [6, 6.07) is 8.45. The van der Waals surface area contributed by atoms with Gasteiger partial charge in [0, 0.05) is 16.4 Å². The summed E-state index contributed by atoms with van der Waals surface area (Å²) in [5.41, 5.74) is -2.15. The monoisotopic (exact) mass is 519 g/mol. The van der Waals surface area contributed by atoms with Gasteiger partial charge < -0.3 is 4.74 Å². The molecule has 0 radical (unpaired) electrons. The lowest BCUT2D eigenvalue weighted by atomic mass is 9.48. The third-order valence-corrected chi connectivity index (χ3v) is 8.91. The second kappa shape index (κ2) is 9.21. The molecule has 2 aromatic rings. The summed E-state index contributed by atoms with van der Waals surface area (Å²) >= 11 is 0.804. The van der Waals surface area contributed by atoms with Crippen molar-refractivity contribution in [2.24, 2.45) is 23.2 Å². The number of hydrogen-bond donors (Lipinski definition) is 0. The lowest BCUT2D eigenvalue weighted by Gasteiger charge is -2.55. The highest BCUT2D eigenvalue weighted by atomic mass is 32.2. The molecule has 4 aliphatic rings. The van der Waals surface area contributed by atoms with Crippen molar-refractivity contribution in [3.05, 3.63) is 63.7 Å². The van der Waals surface area contributed by atoms with Gasteiger partial charge in [-0.25, -0.2) is 4.79 Å². The Morgan fingerprint density at radius 2 is 1.61 bits per heavy atom. The Morgan fingerprint density at radius 3 is 2.19 bits per heavy atom. The first-order valence-electron chi connectivity index (χ1n) is 11.9. The summed E-state index contributed by atoms with van der Waals surface area (Å²) in [6.07, 6.45) is 1.42. The molecule has 6 rings (SSSR count). The van der Waals surface area contributed by atoms with E-state index in [4.69, 9.17) is 4.74 Å². The molecule has 0 aromatic heterocycles. The number of ether oxygens (including phenoxy) is 1. The topological polar surface area (TPSA) is 86.5 Å². The normalized spacial score (nSPS) is 26.6. The number of nitro benzene ring substituents is 1. The summed E-state index contributed by atoms with van der Waals surface area (Å²) in [5.74, 6) is 0.942. The molecule has 4 fully saturated rings. The van der Waals surface area contributed by atoms with Gasteiger partial charge in [0.2, 0.25) is 0 Å². The molecule has 10 heteroatoms.